The summed E-state index contributed by atoms with van der Waals surface area (Å²) < 4.78 is 11.8. The number of rotatable bonds is 6. The Balaban J connectivity index is 2.02. The van der Waals surface area contributed by atoms with E-state index in [2.05, 4.69) is 63.4 Å². The minimum Gasteiger partial charge on any atom is -0.496 e. The standard InChI is InChI=1S/C27H35NO3/c1-18(29)28-17-20-10-8-19(9-11-20)12-13-21-23(30-6)16-22-24(25(21)31-7)27(4,5)15-14-26(22,2)3/h8-13,16H,14-15,17H2,1-7H3,(H,28,29). The number of hydrogen-bond donors (Lipinski definition) is 1. The zero-order chi connectivity index (χ0) is 22.8. The van der Waals surface area contributed by atoms with Gasteiger partial charge in [-0.1, -0.05) is 58.0 Å². The van der Waals surface area contributed by atoms with Crippen LogP contribution in [0.5, 0.6) is 11.5 Å². The monoisotopic (exact) mass is 421 g/mol. The first kappa shape index (κ1) is 22.9. The van der Waals surface area contributed by atoms with Crippen LogP contribution in [0.25, 0.3) is 12.2 Å². The van der Waals surface area contributed by atoms with Crippen LogP contribution in [0.4, 0.5) is 0 Å². The number of fused-ring (bicyclic) bond motifs is 1. The van der Waals surface area contributed by atoms with Crippen LogP contribution in [0.3, 0.4) is 0 Å². The number of ether oxygens (including phenoxy) is 2. The number of nitrogens with one attached hydrogen (secondary N) is 1. The van der Waals surface area contributed by atoms with Crippen LogP contribution >= 0.6 is 0 Å². The lowest BCUT2D eigenvalue weighted by Gasteiger charge is -2.43. The Labute approximate surface area is 186 Å². The summed E-state index contributed by atoms with van der Waals surface area (Å²) in [6.07, 6.45) is 6.42. The van der Waals surface area contributed by atoms with Crippen LogP contribution in [0.15, 0.2) is 30.3 Å². The van der Waals surface area contributed by atoms with Gasteiger partial charge in [0.25, 0.3) is 0 Å². The average Bonchev–Trinajstić information content (AvgIpc) is 2.73. The molecule has 0 aromatic heterocycles. The van der Waals surface area contributed by atoms with Crippen molar-refractivity contribution in [1.82, 2.24) is 5.32 Å². The van der Waals surface area contributed by atoms with Gasteiger partial charge in [-0.15, -0.1) is 0 Å². The van der Waals surface area contributed by atoms with Gasteiger partial charge in [0.15, 0.2) is 0 Å². The van der Waals surface area contributed by atoms with Gasteiger partial charge in [-0.2, -0.15) is 0 Å². The molecule has 0 fully saturated rings. The van der Waals surface area contributed by atoms with Crippen molar-refractivity contribution in [3.63, 3.8) is 0 Å². The van der Waals surface area contributed by atoms with Crippen molar-refractivity contribution in [2.24, 2.45) is 0 Å². The van der Waals surface area contributed by atoms with Gasteiger partial charge in [0, 0.05) is 19.0 Å². The molecule has 1 amide bonds. The molecule has 0 saturated heterocycles. The largest absolute Gasteiger partial charge is 0.496 e. The molecular formula is C27H35NO3. The van der Waals surface area contributed by atoms with Crippen molar-refractivity contribution in [2.75, 3.05) is 14.2 Å². The lowest BCUT2D eigenvalue weighted by molar-refractivity contribution is -0.119. The molecule has 1 N–H and O–H groups in total. The molecule has 0 bridgehead atoms. The molecule has 0 radical (unpaired) electrons. The summed E-state index contributed by atoms with van der Waals surface area (Å²) >= 11 is 0. The van der Waals surface area contributed by atoms with Crippen LogP contribution in [-0.4, -0.2) is 20.1 Å². The first-order valence-corrected chi connectivity index (χ1v) is 10.9. The highest BCUT2D eigenvalue weighted by Crippen LogP contribution is 2.52. The van der Waals surface area contributed by atoms with Gasteiger partial charge in [0.1, 0.15) is 11.5 Å². The van der Waals surface area contributed by atoms with Crippen molar-refractivity contribution < 1.29 is 14.3 Å². The minimum atomic E-state index is -0.0262. The van der Waals surface area contributed by atoms with E-state index < -0.39 is 0 Å². The molecule has 3 rings (SSSR count). The topological polar surface area (TPSA) is 47.6 Å². The van der Waals surface area contributed by atoms with Gasteiger partial charge in [-0.05, 0) is 52.5 Å². The zero-order valence-corrected chi connectivity index (χ0v) is 19.9. The molecule has 0 saturated carbocycles. The lowest BCUT2D eigenvalue weighted by atomic mass is 9.62. The van der Waals surface area contributed by atoms with Gasteiger partial charge in [-0.3, -0.25) is 4.79 Å². The van der Waals surface area contributed by atoms with Crippen molar-refractivity contribution in [2.45, 2.75) is 64.8 Å². The molecule has 2 aromatic carbocycles. The lowest BCUT2D eigenvalue weighted by Crippen LogP contribution is -2.34. The summed E-state index contributed by atoms with van der Waals surface area (Å²) in [6, 6.07) is 10.4. The maximum absolute atomic E-state index is 11.1. The van der Waals surface area contributed by atoms with E-state index in [1.165, 1.54) is 18.1 Å². The molecule has 0 aliphatic heterocycles. The van der Waals surface area contributed by atoms with Crippen LogP contribution in [0, 0.1) is 0 Å². The maximum atomic E-state index is 11.1. The second-order valence-corrected chi connectivity index (χ2v) is 9.70. The molecule has 1 aliphatic rings. The molecule has 0 heterocycles. The van der Waals surface area contributed by atoms with Crippen LogP contribution in [0.1, 0.15) is 75.3 Å². The Morgan fingerprint density at radius 1 is 1.00 bits per heavy atom. The van der Waals surface area contributed by atoms with Gasteiger partial charge >= 0.3 is 0 Å². The van der Waals surface area contributed by atoms with E-state index in [1.54, 1.807) is 14.2 Å². The molecular weight excluding hydrogens is 386 g/mol. The molecule has 0 unspecified atom stereocenters. The Hall–Kier alpha value is -2.75. The van der Waals surface area contributed by atoms with Crippen LogP contribution in [0.2, 0.25) is 0 Å². The third-order valence-corrected chi connectivity index (χ3v) is 6.45. The third kappa shape index (κ3) is 4.79. The highest BCUT2D eigenvalue weighted by Gasteiger charge is 2.40. The normalized spacial score (nSPS) is 16.6. The molecule has 1 aliphatic carbocycles. The predicted octanol–water partition coefficient (Wildman–Crippen LogP) is 5.86. The summed E-state index contributed by atoms with van der Waals surface area (Å²) in [5, 5.41) is 2.82. The molecule has 2 aromatic rings. The van der Waals surface area contributed by atoms with Crippen molar-refractivity contribution in [3.05, 3.63) is 58.1 Å². The SMILES string of the molecule is COc1cc2c(c(OC)c1C=Cc1ccc(CNC(C)=O)cc1)C(C)(C)CCC2(C)C. The number of hydrogen-bond acceptors (Lipinski definition) is 3. The first-order chi connectivity index (χ1) is 14.6. The fourth-order valence-electron chi connectivity index (χ4n) is 4.43. The Morgan fingerprint density at radius 3 is 2.23 bits per heavy atom. The average molecular weight is 422 g/mol. The molecule has 0 atom stereocenters. The van der Waals surface area contributed by atoms with E-state index in [9.17, 15) is 4.79 Å². The molecule has 31 heavy (non-hydrogen) atoms. The number of methoxy groups -OCH3 is 2. The van der Waals surface area contributed by atoms with Crippen LogP contribution < -0.4 is 14.8 Å². The number of benzene rings is 2. The van der Waals surface area contributed by atoms with Crippen molar-refractivity contribution in [1.29, 1.82) is 0 Å². The Kier molecular flexibility index (Phi) is 6.49. The van der Waals surface area contributed by atoms with Gasteiger partial charge in [-0.25, -0.2) is 0 Å². The van der Waals surface area contributed by atoms with E-state index >= 15 is 0 Å². The summed E-state index contributed by atoms with van der Waals surface area (Å²) in [7, 11) is 3.47. The fraction of sp³-hybridized carbons (Fsp3) is 0.444. The van der Waals surface area contributed by atoms with E-state index in [0.717, 1.165) is 41.0 Å². The second-order valence-electron chi connectivity index (χ2n) is 9.70. The summed E-state index contributed by atoms with van der Waals surface area (Å²) in [5.74, 6) is 1.72. The third-order valence-electron chi connectivity index (χ3n) is 6.45. The first-order valence-electron chi connectivity index (χ1n) is 10.9. The van der Waals surface area contributed by atoms with Crippen LogP contribution in [-0.2, 0) is 22.2 Å². The molecule has 0 spiro atoms. The number of carbonyl (C=O) groups excluding carboxylic acids is 1. The quantitative estimate of drug-likeness (QED) is 0.594. The van der Waals surface area contributed by atoms with Gasteiger partial charge < -0.3 is 14.8 Å². The minimum absolute atomic E-state index is 0.0262. The van der Waals surface area contributed by atoms with Gasteiger partial charge in [0.2, 0.25) is 5.91 Å². The van der Waals surface area contributed by atoms with E-state index in [4.69, 9.17) is 9.47 Å². The highest BCUT2D eigenvalue weighted by atomic mass is 16.5. The predicted molar refractivity (Wildman–Crippen MR) is 128 cm³/mol. The molecule has 166 valence electrons. The molecule has 4 heteroatoms. The second kappa shape index (κ2) is 8.78. The highest BCUT2D eigenvalue weighted by molar-refractivity contribution is 5.79. The Bertz CT molecular complexity index is 985. The molecule has 4 nitrogen and oxygen atoms in total. The summed E-state index contributed by atoms with van der Waals surface area (Å²) in [5.41, 5.74) is 5.84. The fourth-order valence-corrected chi connectivity index (χ4v) is 4.43. The van der Waals surface area contributed by atoms with E-state index in [1.807, 2.05) is 12.1 Å². The smallest absolute Gasteiger partial charge is 0.217 e. The zero-order valence-electron chi connectivity index (χ0n) is 19.9. The maximum Gasteiger partial charge on any atom is 0.217 e. The van der Waals surface area contributed by atoms with Gasteiger partial charge in [0.05, 0.1) is 19.8 Å². The van der Waals surface area contributed by atoms with E-state index in [0.29, 0.717) is 6.54 Å². The number of carbonyl (C=O) groups is 1. The summed E-state index contributed by atoms with van der Waals surface area (Å²) in [6.45, 7) is 11.3. The van der Waals surface area contributed by atoms with Crippen molar-refractivity contribution >= 4 is 18.1 Å². The number of amides is 1. The van der Waals surface area contributed by atoms with Crippen molar-refractivity contribution in [3.8, 4) is 11.5 Å². The summed E-state index contributed by atoms with van der Waals surface area (Å²) in [4.78, 5) is 11.1. The Morgan fingerprint density at radius 2 is 1.65 bits per heavy atom. The van der Waals surface area contributed by atoms with E-state index in [-0.39, 0.29) is 16.7 Å².